The molecule has 0 spiro atoms. The van der Waals surface area contributed by atoms with Gasteiger partial charge in [0.2, 0.25) is 5.95 Å². The lowest BCUT2D eigenvalue weighted by molar-refractivity contribution is -0.141. The Morgan fingerprint density at radius 1 is 1.09 bits per heavy atom. The fourth-order valence-corrected chi connectivity index (χ4v) is 4.60. The molecule has 4 aromatic heterocycles. The summed E-state index contributed by atoms with van der Waals surface area (Å²) in [6.45, 7) is 3.70. The number of anilines is 1. The van der Waals surface area contributed by atoms with Crippen LogP contribution in [0.2, 0.25) is 0 Å². The van der Waals surface area contributed by atoms with Crippen molar-refractivity contribution in [3.8, 4) is 11.8 Å². The average molecular weight is 590 g/mol. The van der Waals surface area contributed by atoms with Crippen molar-refractivity contribution in [2.24, 2.45) is 0 Å². The number of nitrogens with one attached hydrogen (secondary N) is 1. The lowest BCUT2D eigenvalue weighted by Crippen LogP contribution is -2.28. The zero-order valence-electron chi connectivity index (χ0n) is 23.4. The fourth-order valence-electron chi connectivity index (χ4n) is 4.60. The lowest BCUT2D eigenvalue weighted by Gasteiger charge is -2.20. The number of halogens is 3. The molecule has 0 fully saturated rings. The van der Waals surface area contributed by atoms with Crippen molar-refractivity contribution in [2.75, 3.05) is 12.4 Å². The first kappa shape index (κ1) is 29.2. The van der Waals surface area contributed by atoms with Crippen LogP contribution in [0.1, 0.15) is 60.7 Å². The summed E-state index contributed by atoms with van der Waals surface area (Å²) in [6.07, 6.45) is 0.279. The molecular weight excluding hydrogens is 563 g/mol. The smallest absolute Gasteiger partial charge is 0.433 e. The van der Waals surface area contributed by atoms with Crippen LogP contribution in [0, 0.1) is 11.3 Å². The maximum Gasteiger partial charge on any atom is 0.433 e. The van der Waals surface area contributed by atoms with E-state index in [-0.39, 0.29) is 29.2 Å². The predicted molar refractivity (Wildman–Crippen MR) is 150 cm³/mol. The topological polar surface area (TPSA) is 136 Å². The van der Waals surface area contributed by atoms with Crippen LogP contribution in [0.25, 0.3) is 11.0 Å². The Bertz CT molecular complexity index is 1830. The van der Waals surface area contributed by atoms with Gasteiger partial charge in [0.25, 0.3) is 5.56 Å². The third kappa shape index (κ3) is 5.87. The van der Waals surface area contributed by atoms with Crippen LogP contribution >= 0.6 is 0 Å². The van der Waals surface area contributed by atoms with Gasteiger partial charge in [-0.15, -0.1) is 0 Å². The molecule has 0 saturated heterocycles. The number of hydrogen-bond donors (Lipinski definition) is 1. The summed E-state index contributed by atoms with van der Waals surface area (Å²) in [4.78, 5) is 31.1. The van der Waals surface area contributed by atoms with Gasteiger partial charge in [0.05, 0.1) is 25.7 Å². The SMILES string of the molecule is CCC(Nc1nc2c(c(C#N)nn2C(C)c2ccc(C(F)(F)F)nc2)c(=O)n1Cc1ccc(OC)cc1)c1ncccn1. The molecule has 1 aromatic carbocycles. The first-order chi connectivity index (χ1) is 20.6. The van der Waals surface area contributed by atoms with Crippen molar-refractivity contribution >= 4 is 17.0 Å². The Balaban J connectivity index is 1.66. The number of methoxy groups -OCH3 is 1. The number of ether oxygens (including phenoxy) is 1. The van der Waals surface area contributed by atoms with E-state index in [2.05, 4.69) is 25.4 Å². The first-order valence-electron chi connectivity index (χ1n) is 13.3. The van der Waals surface area contributed by atoms with Crippen LogP contribution < -0.4 is 15.6 Å². The van der Waals surface area contributed by atoms with E-state index in [1.165, 1.54) is 15.3 Å². The molecule has 0 aliphatic heterocycles. The molecule has 4 heterocycles. The third-order valence-corrected chi connectivity index (χ3v) is 6.95. The summed E-state index contributed by atoms with van der Waals surface area (Å²) >= 11 is 0. The molecule has 1 N–H and O–H groups in total. The second kappa shape index (κ2) is 11.9. The van der Waals surface area contributed by atoms with Gasteiger partial charge in [-0.25, -0.2) is 14.6 Å². The molecule has 2 atom stereocenters. The second-order valence-corrected chi connectivity index (χ2v) is 9.64. The van der Waals surface area contributed by atoms with E-state index in [1.54, 1.807) is 44.6 Å². The van der Waals surface area contributed by atoms with E-state index in [1.807, 2.05) is 25.1 Å². The summed E-state index contributed by atoms with van der Waals surface area (Å²) in [7, 11) is 1.55. The second-order valence-electron chi connectivity index (χ2n) is 9.64. The highest BCUT2D eigenvalue weighted by Gasteiger charge is 2.32. The molecule has 0 aliphatic carbocycles. The van der Waals surface area contributed by atoms with Crippen molar-refractivity contribution in [2.45, 2.75) is 45.1 Å². The van der Waals surface area contributed by atoms with Crippen molar-refractivity contribution in [3.05, 3.63) is 99.7 Å². The highest BCUT2D eigenvalue weighted by molar-refractivity contribution is 5.81. The number of nitriles is 1. The molecule has 0 saturated carbocycles. The van der Waals surface area contributed by atoms with Gasteiger partial charge in [-0.1, -0.05) is 25.1 Å². The number of alkyl halides is 3. The summed E-state index contributed by atoms with van der Waals surface area (Å²) < 4.78 is 47.3. The van der Waals surface area contributed by atoms with Crippen molar-refractivity contribution in [3.63, 3.8) is 0 Å². The highest BCUT2D eigenvalue weighted by Crippen LogP contribution is 2.30. The minimum atomic E-state index is -4.59. The van der Waals surface area contributed by atoms with Gasteiger partial charge in [-0.3, -0.25) is 14.3 Å². The van der Waals surface area contributed by atoms with Gasteiger partial charge in [0, 0.05) is 18.6 Å². The van der Waals surface area contributed by atoms with Crippen LogP contribution in [0.3, 0.4) is 0 Å². The van der Waals surface area contributed by atoms with Gasteiger partial charge >= 0.3 is 6.18 Å². The number of hydrogen-bond acceptors (Lipinski definition) is 9. The van der Waals surface area contributed by atoms with Crippen LogP contribution in [0.5, 0.6) is 5.75 Å². The molecule has 0 bridgehead atoms. The van der Waals surface area contributed by atoms with Gasteiger partial charge in [0.15, 0.2) is 11.3 Å². The Hall–Kier alpha value is -5.32. The fraction of sp³-hybridized carbons (Fsp3) is 0.276. The number of aromatic nitrogens is 7. The minimum Gasteiger partial charge on any atom is -0.497 e. The molecule has 220 valence electrons. The molecule has 5 rings (SSSR count). The third-order valence-electron chi connectivity index (χ3n) is 6.95. The molecule has 43 heavy (non-hydrogen) atoms. The molecule has 2 unspecified atom stereocenters. The Kier molecular flexibility index (Phi) is 8.07. The number of rotatable bonds is 9. The quantitative estimate of drug-likeness (QED) is 0.255. The molecule has 5 aromatic rings. The zero-order chi connectivity index (χ0) is 30.7. The highest BCUT2D eigenvalue weighted by atomic mass is 19.4. The van der Waals surface area contributed by atoms with Crippen LogP contribution in [-0.2, 0) is 12.7 Å². The Morgan fingerprint density at radius 2 is 1.81 bits per heavy atom. The zero-order valence-corrected chi connectivity index (χ0v) is 23.4. The van der Waals surface area contributed by atoms with E-state index in [9.17, 15) is 23.2 Å². The largest absolute Gasteiger partial charge is 0.497 e. The Morgan fingerprint density at radius 3 is 2.40 bits per heavy atom. The maximum atomic E-state index is 14.1. The number of pyridine rings is 1. The summed E-state index contributed by atoms with van der Waals surface area (Å²) in [5.74, 6) is 1.32. The summed E-state index contributed by atoms with van der Waals surface area (Å²) in [6, 6.07) is 11.8. The summed E-state index contributed by atoms with van der Waals surface area (Å²) in [5, 5.41) is 17.5. The average Bonchev–Trinajstić information content (AvgIpc) is 3.40. The van der Waals surface area contributed by atoms with Crippen molar-refractivity contribution < 1.29 is 17.9 Å². The number of benzene rings is 1. The van der Waals surface area contributed by atoms with Gasteiger partial charge in [0.1, 0.15) is 28.7 Å². The normalized spacial score (nSPS) is 13.0. The standard InChI is InChI=1S/C29H26F3N9O2/c1-4-21(25-34-12-5-13-35-25)37-28-38-26-24(27(42)40(28)16-18-6-9-20(43-3)10-7-18)22(14-33)39-41(26)17(2)19-8-11-23(36-15-19)29(30,31)32/h5-13,15,17,21H,4,16H2,1-3H3,(H,37,38). The first-order valence-corrected chi connectivity index (χ1v) is 13.3. The Labute approximate surface area is 243 Å². The van der Waals surface area contributed by atoms with Crippen LogP contribution in [0.15, 0.2) is 65.8 Å². The number of fused-ring (bicyclic) bond motifs is 1. The molecular formula is C29H26F3N9O2. The van der Waals surface area contributed by atoms with E-state index in [0.29, 0.717) is 23.6 Å². The summed E-state index contributed by atoms with van der Waals surface area (Å²) in [5.41, 5.74) is -0.478. The lowest BCUT2D eigenvalue weighted by atomic mass is 10.1. The molecule has 0 aliphatic rings. The minimum absolute atomic E-state index is 0.0164. The molecule has 0 radical (unpaired) electrons. The van der Waals surface area contributed by atoms with Crippen LogP contribution in [0.4, 0.5) is 19.1 Å². The van der Waals surface area contributed by atoms with Crippen LogP contribution in [-0.4, -0.2) is 41.4 Å². The van der Waals surface area contributed by atoms with Gasteiger partial charge in [-0.2, -0.15) is 28.5 Å². The maximum absolute atomic E-state index is 14.1. The van der Waals surface area contributed by atoms with E-state index in [0.717, 1.165) is 17.8 Å². The number of nitrogens with zero attached hydrogens (tertiary/aromatic N) is 8. The van der Waals surface area contributed by atoms with Crippen molar-refractivity contribution in [1.82, 2.24) is 34.3 Å². The predicted octanol–water partition coefficient (Wildman–Crippen LogP) is 4.90. The molecule has 0 amide bonds. The van der Waals surface area contributed by atoms with E-state index >= 15 is 0 Å². The van der Waals surface area contributed by atoms with Gasteiger partial charge < -0.3 is 10.1 Å². The monoisotopic (exact) mass is 589 g/mol. The van der Waals surface area contributed by atoms with E-state index < -0.39 is 29.5 Å². The van der Waals surface area contributed by atoms with Gasteiger partial charge in [-0.05, 0) is 48.7 Å². The van der Waals surface area contributed by atoms with Crippen molar-refractivity contribution in [1.29, 1.82) is 5.26 Å². The van der Waals surface area contributed by atoms with E-state index in [4.69, 9.17) is 9.72 Å². The molecule has 14 heteroatoms. The molecule has 11 nitrogen and oxygen atoms in total.